The van der Waals surface area contributed by atoms with Gasteiger partial charge in [-0.15, -0.1) is 0 Å². The molecule has 0 aliphatic heterocycles. The molecule has 0 aromatic heterocycles. The van der Waals surface area contributed by atoms with E-state index < -0.39 is 27.7 Å². The molecule has 0 fully saturated rings. The number of sulfonamides is 1. The zero-order valence-electron chi connectivity index (χ0n) is 13.9. The first-order valence-electron chi connectivity index (χ1n) is 7.21. The fraction of sp³-hybridized carbons (Fsp3) is 0.500. The lowest BCUT2D eigenvalue weighted by Gasteiger charge is -2.25. The summed E-state index contributed by atoms with van der Waals surface area (Å²) in [4.78, 5) is 11.4. The lowest BCUT2D eigenvalue weighted by molar-refractivity contribution is -0.242. The molecular weight excluding hydrogens is 401 g/mol. The Morgan fingerprint density at radius 2 is 1.96 bits per heavy atom. The van der Waals surface area contributed by atoms with E-state index in [4.69, 9.17) is 16.3 Å². The van der Waals surface area contributed by atoms with Crippen molar-refractivity contribution >= 4 is 33.2 Å². The molecule has 1 amide bonds. The summed E-state index contributed by atoms with van der Waals surface area (Å²) in [5.41, 5.74) is -3.91. The van der Waals surface area contributed by atoms with Crippen molar-refractivity contribution in [1.82, 2.24) is 4.72 Å². The summed E-state index contributed by atoms with van der Waals surface area (Å²) in [7, 11) is -2.42. The Bertz CT molecular complexity index is 753. The summed E-state index contributed by atoms with van der Waals surface area (Å²) in [5, 5.41) is 10.8. The molecule has 1 aromatic rings. The highest BCUT2D eigenvalue weighted by Crippen LogP contribution is 2.32. The number of benzene rings is 1. The molecule has 1 atom stereocenters. The maximum Gasteiger partial charge on any atom is 0.426 e. The van der Waals surface area contributed by atoms with Crippen LogP contribution in [0.4, 0.5) is 18.9 Å². The molecule has 0 saturated carbocycles. The summed E-state index contributed by atoms with van der Waals surface area (Å²) in [6.07, 6.45) is -4.76. The highest BCUT2D eigenvalue weighted by atomic mass is 35.5. The Balaban J connectivity index is 2.93. The van der Waals surface area contributed by atoms with E-state index in [1.807, 2.05) is 5.32 Å². The van der Waals surface area contributed by atoms with E-state index in [1.54, 1.807) is 0 Å². The van der Waals surface area contributed by atoms with Crippen LogP contribution in [0.1, 0.15) is 13.3 Å². The van der Waals surface area contributed by atoms with Crippen molar-refractivity contribution in [3.63, 3.8) is 0 Å². The summed E-state index contributed by atoms with van der Waals surface area (Å²) >= 11 is 5.84. The molecule has 0 heterocycles. The minimum absolute atomic E-state index is 0.112. The van der Waals surface area contributed by atoms with Crippen LogP contribution in [0, 0.1) is 0 Å². The number of carbonyl (C=O) groups is 1. The van der Waals surface area contributed by atoms with Gasteiger partial charge in [0.15, 0.2) is 0 Å². The van der Waals surface area contributed by atoms with E-state index in [-0.39, 0.29) is 22.2 Å². The van der Waals surface area contributed by atoms with Gasteiger partial charge < -0.3 is 15.2 Å². The second-order valence-electron chi connectivity index (χ2n) is 5.41. The van der Waals surface area contributed by atoms with E-state index in [1.165, 1.54) is 7.11 Å². The van der Waals surface area contributed by atoms with Crippen LogP contribution in [0.3, 0.4) is 0 Å². The summed E-state index contributed by atoms with van der Waals surface area (Å²) < 4.78 is 69.2. The molecule has 0 saturated heterocycles. The average molecular weight is 419 g/mol. The van der Waals surface area contributed by atoms with E-state index in [0.717, 1.165) is 18.2 Å². The molecule has 0 aliphatic carbocycles. The number of ether oxygens (including phenoxy) is 1. The third-order valence-electron chi connectivity index (χ3n) is 3.31. The Morgan fingerprint density at radius 1 is 1.35 bits per heavy atom. The first-order valence-corrected chi connectivity index (χ1v) is 9.07. The van der Waals surface area contributed by atoms with E-state index in [2.05, 4.69) is 4.72 Å². The number of methoxy groups -OCH3 is 1. The zero-order valence-corrected chi connectivity index (χ0v) is 15.4. The molecule has 0 bridgehead atoms. The molecule has 12 heteroatoms. The van der Waals surface area contributed by atoms with Crippen LogP contribution in [0.5, 0.6) is 0 Å². The van der Waals surface area contributed by atoms with Gasteiger partial charge in [0.25, 0.3) is 5.91 Å². The number of hydrogen-bond acceptors (Lipinski definition) is 5. The average Bonchev–Trinajstić information content (AvgIpc) is 2.52. The second-order valence-corrected chi connectivity index (χ2v) is 7.58. The van der Waals surface area contributed by atoms with Crippen LogP contribution in [0.2, 0.25) is 5.02 Å². The number of hydrogen-bond donors (Lipinski definition) is 3. The number of anilines is 1. The number of carbonyl (C=O) groups excluding carboxylic acids is 1. The standard InChI is InChI=1S/C14H18ClF3N2O5S/c1-13(22,14(16,17)18)12(21)20-11-5-4-9(8-10(11)15)26(23,24)19-6-3-7-25-2/h4-5,8,19,22H,3,6-7H2,1-2H3,(H,20,21). The lowest BCUT2D eigenvalue weighted by Crippen LogP contribution is -2.52. The van der Waals surface area contributed by atoms with Crippen molar-refractivity contribution in [2.45, 2.75) is 30.0 Å². The minimum Gasteiger partial charge on any atom is -0.385 e. The van der Waals surface area contributed by atoms with Crippen molar-refractivity contribution in [2.75, 3.05) is 25.6 Å². The summed E-state index contributed by atoms with van der Waals surface area (Å²) in [5.74, 6) is -1.75. The van der Waals surface area contributed by atoms with Gasteiger partial charge in [-0.05, 0) is 31.5 Å². The number of halogens is 4. The SMILES string of the molecule is COCCCNS(=O)(=O)c1ccc(NC(=O)C(C)(O)C(F)(F)F)c(Cl)c1. The third-order valence-corrected chi connectivity index (χ3v) is 5.08. The molecule has 0 radical (unpaired) electrons. The molecule has 0 aliphatic rings. The van der Waals surface area contributed by atoms with Crippen molar-refractivity contribution in [3.8, 4) is 0 Å². The van der Waals surface area contributed by atoms with Gasteiger partial charge in [-0.25, -0.2) is 13.1 Å². The van der Waals surface area contributed by atoms with Gasteiger partial charge in [0.05, 0.1) is 15.6 Å². The number of nitrogens with one attached hydrogen (secondary N) is 2. The topological polar surface area (TPSA) is 105 Å². The van der Waals surface area contributed by atoms with Crippen LogP contribution >= 0.6 is 11.6 Å². The van der Waals surface area contributed by atoms with Gasteiger partial charge in [0.1, 0.15) is 0 Å². The fourth-order valence-electron chi connectivity index (χ4n) is 1.64. The molecule has 7 nitrogen and oxygen atoms in total. The normalized spacial score (nSPS) is 14.7. The quantitative estimate of drug-likeness (QED) is 0.559. The van der Waals surface area contributed by atoms with Gasteiger partial charge in [0.2, 0.25) is 15.6 Å². The maximum atomic E-state index is 12.6. The summed E-state index contributed by atoms with van der Waals surface area (Å²) in [6, 6.07) is 3.05. The number of rotatable bonds is 8. The highest BCUT2D eigenvalue weighted by molar-refractivity contribution is 7.89. The third kappa shape index (κ3) is 5.55. The minimum atomic E-state index is -5.20. The van der Waals surface area contributed by atoms with Gasteiger partial charge in [-0.3, -0.25) is 4.79 Å². The molecule has 148 valence electrons. The first kappa shape index (κ1) is 22.6. The Hall–Kier alpha value is -1.40. The Kier molecular flexibility index (Phi) is 7.42. The molecular formula is C14H18ClF3N2O5S. The first-order chi connectivity index (χ1) is 11.8. The summed E-state index contributed by atoms with van der Waals surface area (Å²) in [6.45, 7) is 0.757. The maximum absolute atomic E-state index is 12.6. The van der Waals surface area contributed by atoms with Crippen molar-refractivity contribution in [2.24, 2.45) is 0 Å². The number of alkyl halides is 3. The predicted molar refractivity (Wildman–Crippen MR) is 88.4 cm³/mol. The number of aliphatic hydroxyl groups is 1. The van der Waals surface area contributed by atoms with Gasteiger partial charge >= 0.3 is 6.18 Å². The van der Waals surface area contributed by atoms with E-state index >= 15 is 0 Å². The van der Waals surface area contributed by atoms with Crippen molar-refractivity contribution < 1.29 is 36.2 Å². The molecule has 0 spiro atoms. The van der Waals surface area contributed by atoms with Gasteiger partial charge in [0, 0.05) is 20.3 Å². The van der Waals surface area contributed by atoms with Crippen molar-refractivity contribution in [1.29, 1.82) is 0 Å². The van der Waals surface area contributed by atoms with Crippen LogP contribution in [0.25, 0.3) is 0 Å². The van der Waals surface area contributed by atoms with Crippen molar-refractivity contribution in [3.05, 3.63) is 23.2 Å². The van der Waals surface area contributed by atoms with E-state index in [0.29, 0.717) is 20.0 Å². The Morgan fingerprint density at radius 3 is 2.46 bits per heavy atom. The van der Waals surface area contributed by atoms with Crippen LogP contribution in [0.15, 0.2) is 23.1 Å². The fourth-order valence-corrected chi connectivity index (χ4v) is 3.04. The Labute approximate surface area is 153 Å². The highest BCUT2D eigenvalue weighted by Gasteiger charge is 2.55. The molecule has 3 N–H and O–H groups in total. The zero-order chi connectivity index (χ0) is 20.2. The van der Waals surface area contributed by atoms with Gasteiger partial charge in [-0.2, -0.15) is 13.2 Å². The monoisotopic (exact) mass is 418 g/mol. The van der Waals surface area contributed by atoms with Crippen LogP contribution < -0.4 is 10.0 Å². The number of amides is 1. The molecule has 1 rings (SSSR count). The molecule has 1 unspecified atom stereocenters. The van der Waals surface area contributed by atoms with Crippen LogP contribution in [-0.4, -0.2) is 51.5 Å². The van der Waals surface area contributed by atoms with Gasteiger partial charge in [-0.1, -0.05) is 11.6 Å². The predicted octanol–water partition coefficient (Wildman–Crippen LogP) is 1.91. The van der Waals surface area contributed by atoms with E-state index in [9.17, 15) is 31.5 Å². The second kappa shape index (κ2) is 8.53. The largest absolute Gasteiger partial charge is 0.426 e. The molecule has 26 heavy (non-hydrogen) atoms. The van der Waals surface area contributed by atoms with Crippen LogP contribution in [-0.2, 0) is 19.6 Å². The lowest BCUT2D eigenvalue weighted by atomic mass is 10.1. The molecule has 1 aromatic carbocycles. The smallest absolute Gasteiger partial charge is 0.385 e.